The van der Waals surface area contributed by atoms with Crippen molar-refractivity contribution in [2.24, 2.45) is 0 Å². The molecule has 0 aromatic heterocycles. The normalized spacial score (nSPS) is 12.2. The number of hydrogen-bond donors (Lipinski definition) is 0. The van der Waals surface area contributed by atoms with Gasteiger partial charge >= 0.3 is 0 Å². The van der Waals surface area contributed by atoms with Crippen molar-refractivity contribution < 1.29 is 18.7 Å². The van der Waals surface area contributed by atoms with Crippen molar-refractivity contribution >= 4 is 5.78 Å². The van der Waals surface area contributed by atoms with Gasteiger partial charge in [-0.3, -0.25) is 4.79 Å². The van der Waals surface area contributed by atoms with Crippen molar-refractivity contribution in [2.45, 2.75) is 26.9 Å². The van der Waals surface area contributed by atoms with E-state index in [0.717, 1.165) is 0 Å². The van der Waals surface area contributed by atoms with E-state index < -0.39 is 5.82 Å². The molecule has 0 aliphatic heterocycles. The number of ether oxygens (including phenoxy) is 2. The smallest absolute Gasteiger partial charge is 0.165 e. The van der Waals surface area contributed by atoms with Gasteiger partial charge in [0.15, 0.2) is 17.3 Å². The fraction of sp³-hybridized carbons (Fsp3) is 0.462. The van der Waals surface area contributed by atoms with Crippen LogP contribution < -0.4 is 4.74 Å². The van der Waals surface area contributed by atoms with Crippen molar-refractivity contribution in [3.8, 4) is 5.75 Å². The number of hydrogen-bond acceptors (Lipinski definition) is 3. The standard InChI is InChI=1S/C13H17FO3/c1-4-16-8-9(2)17-13-6-5-11(10(3)15)7-12(13)14/h5-7,9H,4,8H2,1-3H3. The molecule has 0 aliphatic carbocycles. The highest BCUT2D eigenvalue weighted by Crippen LogP contribution is 2.20. The van der Waals surface area contributed by atoms with Gasteiger partial charge in [0.25, 0.3) is 0 Å². The Hall–Kier alpha value is -1.42. The number of ketones is 1. The Bertz CT molecular complexity index is 390. The third-order valence-corrected chi connectivity index (χ3v) is 2.22. The van der Waals surface area contributed by atoms with Crippen LogP contribution in [-0.2, 0) is 4.74 Å². The molecule has 0 heterocycles. The van der Waals surface area contributed by atoms with Crippen LogP contribution in [0.25, 0.3) is 0 Å². The predicted molar refractivity (Wildman–Crippen MR) is 63.0 cm³/mol. The van der Waals surface area contributed by atoms with Crippen LogP contribution in [0.15, 0.2) is 18.2 Å². The third kappa shape index (κ3) is 4.15. The van der Waals surface area contributed by atoms with Crippen LogP contribution in [0.1, 0.15) is 31.1 Å². The van der Waals surface area contributed by atoms with E-state index in [-0.39, 0.29) is 17.6 Å². The summed E-state index contributed by atoms with van der Waals surface area (Å²) in [5.41, 5.74) is 0.340. The Morgan fingerprint density at radius 2 is 2.18 bits per heavy atom. The van der Waals surface area contributed by atoms with Crippen LogP contribution in [0, 0.1) is 5.82 Å². The fourth-order valence-electron chi connectivity index (χ4n) is 1.35. The summed E-state index contributed by atoms with van der Waals surface area (Å²) in [6.45, 7) is 6.08. The second kappa shape index (κ2) is 6.35. The van der Waals surface area contributed by atoms with Gasteiger partial charge in [-0.15, -0.1) is 0 Å². The first-order valence-electron chi connectivity index (χ1n) is 5.59. The minimum atomic E-state index is -0.527. The van der Waals surface area contributed by atoms with E-state index in [1.807, 2.05) is 6.92 Å². The number of Topliss-reactive ketones (excluding diaryl/α,β-unsaturated/α-hetero) is 1. The van der Waals surface area contributed by atoms with E-state index in [9.17, 15) is 9.18 Å². The first-order valence-corrected chi connectivity index (χ1v) is 5.59. The van der Waals surface area contributed by atoms with Crippen molar-refractivity contribution in [3.05, 3.63) is 29.6 Å². The van der Waals surface area contributed by atoms with Crippen molar-refractivity contribution in [1.82, 2.24) is 0 Å². The Kier molecular flexibility index (Phi) is 5.10. The number of carbonyl (C=O) groups is 1. The first kappa shape index (κ1) is 13.6. The Balaban J connectivity index is 2.69. The van der Waals surface area contributed by atoms with Crippen molar-refractivity contribution in [2.75, 3.05) is 13.2 Å². The quantitative estimate of drug-likeness (QED) is 0.717. The molecule has 0 radical (unpaired) electrons. The molecule has 94 valence electrons. The first-order chi connectivity index (χ1) is 8.04. The van der Waals surface area contributed by atoms with Crippen LogP contribution in [0.4, 0.5) is 4.39 Å². The summed E-state index contributed by atoms with van der Waals surface area (Å²) in [4.78, 5) is 11.0. The number of carbonyl (C=O) groups excluding carboxylic acids is 1. The molecule has 1 aromatic carbocycles. The molecule has 1 atom stereocenters. The summed E-state index contributed by atoms with van der Waals surface area (Å²) in [6.07, 6.45) is -0.229. The average Bonchev–Trinajstić information content (AvgIpc) is 2.28. The molecule has 17 heavy (non-hydrogen) atoms. The van der Waals surface area contributed by atoms with Crippen molar-refractivity contribution in [1.29, 1.82) is 0 Å². The van der Waals surface area contributed by atoms with Gasteiger partial charge in [-0.05, 0) is 39.0 Å². The lowest BCUT2D eigenvalue weighted by Gasteiger charge is -2.15. The summed E-state index contributed by atoms with van der Waals surface area (Å²) in [7, 11) is 0. The third-order valence-electron chi connectivity index (χ3n) is 2.22. The van der Waals surface area contributed by atoms with Crippen LogP contribution in [0.2, 0.25) is 0 Å². The summed E-state index contributed by atoms with van der Waals surface area (Å²) in [5, 5.41) is 0. The highest BCUT2D eigenvalue weighted by molar-refractivity contribution is 5.94. The molecular weight excluding hydrogens is 223 g/mol. The van der Waals surface area contributed by atoms with Gasteiger partial charge in [0, 0.05) is 12.2 Å². The van der Waals surface area contributed by atoms with Crippen molar-refractivity contribution in [3.63, 3.8) is 0 Å². The molecule has 1 rings (SSSR count). The lowest BCUT2D eigenvalue weighted by atomic mass is 10.1. The summed E-state index contributed by atoms with van der Waals surface area (Å²) in [5.74, 6) is -0.555. The molecule has 0 saturated heterocycles. The van der Waals surface area contributed by atoms with E-state index in [0.29, 0.717) is 18.8 Å². The maximum atomic E-state index is 13.6. The number of halogens is 1. The molecule has 0 saturated carbocycles. The van der Waals surface area contributed by atoms with Gasteiger partial charge in [0.05, 0.1) is 6.61 Å². The molecule has 0 N–H and O–H groups in total. The Morgan fingerprint density at radius 3 is 2.71 bits per heavy atom. The highest BCUT2D eigenvalue weighted by Gasteiger charge is 2.10. The zero-order valence-electron chi connectivity index (χ0n) is 10.3. The van der Waals surface area contributed by atoms with Crippen LogP contribution in [0.5, 0.6) is 5.75 Å². The maximum Gasteiger partial charge on any atom is 0.165 e. The molecule has 0 bridgehead atoms. The monoisotopic (exact) mass is 240 g/mol. The van der Waals surface area contributed by atoms with Gasteiger partial charge in [-0.25, -0.2) is 4.39 Å². The zero-order valence-corrected chi connectivity index (χ0v) is 10.3. The Labute approximate surface area is 101 Å². The van der Waals surface area contributed by atoms with Gasteiger partial charge in [0.2, 0.25) is 0 Å². The lowest BCUT2D eigenvalue weighted by Crippen LogP contribution is -2.19. The molecule has 0 amide bonds. The summed E-state index contributed by atoms with van der Waals surface area (Å²) >= 11 is 0. The minimum absolute atomic E-state index is 0.141. The Morgan fingerprint density at radius 1 is 1.47 bits per heavy atom. The van der Waals surface area contributed by atoms with E-state index in [1.54, 1.807) is 13.0 Å². The molecule has 3 nitrogen and oxygen atoms in total. The molecule has 0 aliphatic rings. The predicted octanol–water partition coefficient (Wildman–Crippen LogP) is 2.83. The highest BCUT2D eigenvalue weighted by atomic mass is 19.1. The summed E-state index contributed by atoms with van der Waals surface area (Å²) in [6, 6.07) is 4.20. The molecule has 0 spiro atoms. The van der Waals surface area contributed by atoms with E-state index in [1.165, 1.54) is 19.1 Å². The molecular formula is C13H17FO3. The SMILES string of the molecule is CCOCC(C)Oc1ccc(C(C)=O)cc1F. The van der Waals surface area contributed by atoms with Crippen LogP contribution in [-0.4, -0.2) is 25.1 Å². The van der Waals surface area contributed by atoms with E-state index >= 15 is 0 Å². The fourth-order valence-corrected chi connectivity index (χ4v) is 1.35. The number of benzene rings is 1. The van der Waals surface area contributed by atoms with Gasteiger partial charge < -0.3 is 9.47 Å². The topological polar surface area (TPSA) is 35.5 Å². The second-order valence-corrected chi connectivity index (χ2v) is 3.79. The van der Waals surface area contributed by atoms with Gasteiger partial charge in [0.1, 0.15) is 6.10 Å². The molecule has 0 fully saturated rings. The van der Waals surface area contributed by atoms with E-state index in [4.69, 9.17) is 9.47 Å². The molecule has 4 heteroatoms. The van der Waals surface area contributed by atoms with Crippen LogP contribution in [0.3, 0.4) is 0 Å². The van der Waals surface area contributed by atoms with Gasteiger partial charge in [-0.2, -0.15) is 0 Å². The average molecular weight is 240 g/mol. The minimum Gasteiger partial charge on any atom is -0.485 e. The largest absolute Gasteiger partial charge is 0.485 e. The molecule has 1 unspecified atom stereocenters. The number of rotatable bonds is 6. The lowest BCUT2D eigenvalue weighted by molar-refractivity contribution is 0.0636. The summed E-state index contributed by atoms with van der Waals surface area (Å²) < 4.78 is 24.1. The second-order valence-electron chi connectivity index (χ2n) is 3.79. The zero-order chi connectivity index (χ0) is 12.8. The maximum absolute atomic E-state index is 13.6. The molecule has 1 aromatic rings. The van der Waals surface area contributed by atoms with E-state index in [2.05, 4.69) is 0 Å². The van der Waals surface area contributed by atoms with Crippen LogP contribution >= 0.6 is 0 Å². The van der Waals surface area contributed by atoms with Gasteiger partial charge in [-0.1, -0.05) is 0 Å².